The van der Waals surface area contributed by atoms with Gasteiger partial charge in [-0.25, -0.2) is 0 Å². The van der Waals surface area contributed by atoms with E-state index in [-0.39, 0.29) is 6.04 Å². The maximum Gasteiger partial charge on any atom is 0.118 e. The second kappa shape index (κ2) is 5.01. The van der Waals surface area contributed by atoms with Crippen molar-refractivity contribution < 1.29 is 4.74 Å². The summed E-state index contributed by atoms with van der Waals surface area (Å²) in [6, 6.07) is 8.12. The van der Waals surface area contributed by atoms with E-state index in [0.29, 0.717) is 5.92 Å². The van der Waals surface area contributed by atoms with Crippen LogP contribution in [-0.4, -0.2) is 7.11 Å². The van der Waals surface area contributed by atoms with Crippen molar-refractivity contribution in [3.63, 3.8) is 0 Å². The third-order valence-corrected chi connectivity index (χ3v) is 2.76. The second-order valence-electron chi connectivity index (χ2n) is 3.68. The fourth-order valence-electron chi connectivity index (χ4n) is 1.41. The molecule has 78 valence electrons. The van der Waals surface area contributed by atoms with E-state index >= 15 is 0 Å². The molecular formula is C12H19NO. The first-order valence-corrected chi connectivity index (χ1v) is 5.08. The molecule has 2 nitrogen and oxygen atoms in total. The van der Waals surface area contributed by atoms with E-state index in [0.717, 1.165) is 12.2 Å². The molecule has 2 atom stereocenters. The predicted molar refractivity (Wildman–Crippen MR) is 59.4 cm³/mol. The Morgan fingerprint density at radius 2 is 1.86 bits per heavy atom. The molecule has 1 aromatic rings. The minimum Gasteiger partial charge on any atom is -0.497 e. The summed E-state index contributed by atoms with van der Waals surface area (Å²) < 4.78 is 5.09. The number of ether oxygens (including phenoxy) is 1. The molecule has 0 heterocycles. The molecule has 0 spiro atoms. The van der Waals surface area contributed by atoms with Crippen molar-refractivity contribution in [3.8, 4) is 5.75 Å². The van der Waals surface area contributed by atoms with Gasteiger partial charge in [-0.1, -0.05) is 32.4 Å². The number of methoxy groups -OCH3 is 1. The Balaban J connectivity index is 2.75. The highest BCUT2D eigenvalue weighted by Crippen LogP contribution is 2.23. The highest BCUT2D eigenvalue weighted by molar-refractivity contribution is 5.29. The van der Waals surface area contributed by atoms with Gasteiger partial charge in [-0.05, 0) is 23.6 Å². The Morgan fingerprint density at radius 3 is 2.29 bits per heavy atom. The molecular weight excluding hydrogens is 174 g/mol. The van der Waals surface area contributed by atoms with Gasteiger partial charge in [0.15, 0.2) is 0 Å². The summed E-state index contributed by atoms with van der Waals surface area (Å²) in [5, 5.41) is 0. The van der Waals surface area contributed by atoms with E-state index in [4.69, 9.17) is 10.5 Å². The lowest BCUT2D eigenvalue weighted by molar-refractivity contribution is 0.413. The van der Waals surface area contributed by atoms with Gasteiger partial charge in [-0.3, -0.25) is 0 Å². The third-order valence-electron chi connectivity index (χ3n) is 2.76. The molecule has 0 radical (unpaired) electrons. The Bertz CT molecular complexity index is 268. The Kier molecular flexibility index (Phi) is 3.96. The third kappa shape index (κ3) is 2.48. The summed E-state index contributed by atoms with van der Waals surface area (Å²) in [4.78, 5) is 0. The van der Waals surface area contributed by atoms with Gasteiger partial charge in [0, 0.05) is 6.04 Å². The summed E-state index contributed by atoms with van der Waals surface area (Å²) in [6.07, 6.45) is 1.10. The lowest BCUT2D eigenvalue weighted by Crippen LogP contribution is -2.18. The van der Waals surface area contributed by atoms with Crippen LogP contribution in [0.2, 0.25) is 0 Å². The zero-order valence-electron chi connectivity index (χ0n) is 9.16. The monoisotopic (exact) mass is 193 g/mol. The maximum absolute atomic E-state index is 6.10. The van der Waals surface area contributed by atoms with Crippen LogP contribution >= 0.6 is 0 Å². The highest BCUT2D eigenvalue weighted by Gasteiger charge is 2.12. The molecule has 1 aromatic carbocycles. The molecule has 2 heteroatoms. The first-order chi connectivity index (χ1) is 6.69. The van der Waals surface area contributed by atoms with Crippen molar-refractivity contribution in [2.24, 2.45) is 11.7 Å². The van der Waals surface area contributed by atoms with Gasteiger partial charge in [0.1, 0.15) is 5.75 Å². The van der Waals surface area contributed by atoms with E-state index < -0.39 is 0 Å². The first-order valence-electron chi connectivity index (χ1n) is 5.08. The Labute approximate surface area is 86.1 Å². The standard InChI is InChI=1S/C12H19NO/c1-4-9(2)12(13)10-5-7-11(14-3)8-6-10/h5-9,12H,4,13H2,1-3H3. The van der Waals surface area contributed by atoms with Gasteiger partial charge in [0.2, 0.25) is 0 Å². The van der Waals surface area contributed by atoms with Crippen LogP contribution in [0.3, 0.4) is 0 Å². The van der Waals surface area contributed by atoms with Crippen molar-refractivity contribution in [1.29, 1.82) is 0 Å². The van der Waals surface area contributed by atoms with E-state index in [1.54, 1.807) is 7.11 Å². The van der Waals surface area contributed by atoms with Gasteiger partial charge in [-0.2, -0.15) is 0 Å². The van der Waals surface area contributed by atoms with E-state index in [1.165, 1.54) is 5.56 Å². The molecule has 0 saturated carbocycles. The van der Waals surface area contributed by atoms with Crippen LogP contribution in [0.15, 0.2) is 24.3 Å². The number of benzene rings is 1. The second-order valence-corrected chi connectivity index (χ2v) is 3.68. The predicted octanol–water partition coefficient (Wildman–Crippen LogP) is 2.74. The molecule has 0 aliphatic rings. The van der Waals surface area contributed by atoms with Crippen LogP contribution in [0.5, 0.6) is 5.75 Å². The minimum absolute atomic E-state index is 0.130. The first kappa shape index (κ1) is 11.1. The van der Waals surface area contributed by atoms with Crippen LogP contribution in [0.1, 0.15) is 31.9 Å². The number of rotatable bonds is 4. The van der Waals surface area contributed by atoms with Crippen LogP contribution < -0.4 is 10.5 Å². The molecule has 0 aromatic heterocycles. The van der Waals surface area contributed by atoms with Gasteiger partial charge in [-0.15, -0.1) is 0 Å². The molecule has 0 aliphatic carbocycles. The van der Waals surface area contributed by atoms with E-state index in [2.05, 4.69) is 13.8 Å². The lowest BCUT2D eigenvalue weighted by Gasteiger charge is -2.18. The molecule has 0 fully saturated rings. The summed E-state index contributed by atoms with van der Waals surface area (Å²) in [7, 11) is 1.67. The van der Waals surface area contributed by atoms with Gasteiger partial charge in [0.05, 0.1) is 7.11 Å². The van der Waals surface area contributed by atoms with Crippen LogP contribution in [0.4, 0.5) is 0 Å². The van der Waals surface area contributed by atoms with Gasteiger partial charge >= 0.3 is 0 Å². The fourth-order valence-corrected chi connectivity index (χ4v) is 1.41. The Morgan fingerprint density at radius 1 is 1.29 bits per heavy atom. The summed E-state index contributed by atoms with van der Waals surface area (Å²) in [5.41, 5.74) is 7.28. The molecule has 0 aliphatic heterocycles. The Hall–Kier alpha value is -1.02. The van der Waals surface area contributed by atoms with Crippen molar-refractivity contribution in [1.82, 2.24) is 0 Å². The van der Waals surface area contributed by atoms with Crippen molar-refractivity contribution >= 4 is 0 Å². The smallest absolute Gasteiger partial charge is 0.118 e. The van der Waals surface area contributed by atoms with Gasteiger partial charge in [0.25, 0.3) is 0 Å². The van der Waals surface area contributed by atoms with Crippen LogP contribution in [0, 0.1) is 5.92 Å². The molecule has 14 heavy (non-hydrogen) atoms. The van der Waals surface area contributed by atoms with Crippen LogP contribution in [-0.2, 0) is 0 Å². The molecule has 0 saturated heterocycles. The topological polar surface area (TPSA) is 35.2 Å². The largest absolute Gasteiger partial charge is 0.497 e. The van der Waals surface area contributed by atoms with Crippen LogP contribution in [0.25, 0.3) is 0 Å². The average molecular weight is 193 g/mol. The molecule has 2 N–H and O–H groups in total. The average Bonchev–Trinajstić information content (AvgIpc) is 2.27. The van der Waals surface area contributed by atoms with E-state index in [9.17, 15) is 0 Å². The summed E-state index contributed by atoms with van der Waals surface area (Å²) in [6.45, 7) is 4.34. The number of hydrogen-bond acceptors (Lipinski definition) is 2. The van der Waals surface area contributed by atoms with Gasteiger partial charge < -0.3 is 10.5 Å². The highest BCUT2D eigenvalue weighted by atomic mass is 16.5. The SMILES string of the molecule is CCC(C)C(N)c1ccc(OC)cc1. The normalized spacial score (nSPS) is 14.9. The van der Waals surface area contributed by atoms with Crippen molar-refractivity contribution in [3.05, 3.63) is 29.8 Å². The fraction of sp³-hybridized carbons (Fsp3) is 0.500. The van der Waals surface area contributed by atoms with E-state index in [1.807, 2.05) is 24.3 Å². The molecule has 0 amide bonds. The van der Waals surface area contributed by atoms with Crippen molar-refractivity contribution in [2.45, 2.75) is 26.3 Å². The van der Waals surface area contributed by atoms with Crippen molar-refractivity contribution in [2.75, 3.05) is 7.11 Å². The molecule has 1 rings (SSSR count). The zero-order chi connectivity index (χ0) is 10.6. The quantitative estimate of drug-likeness (QED) is 0.798. The summed E-state index contributed by atoms with van der Waals surface area (Å²) in [5.74, 6) is 1.40. The molecule has 0 bridgehead atoms. The minimum atomic E-state index is 0.130. The lowest BCUT2D eigenvalue weighted by atomic mass is 9.93. The zero-order valence-corrected chi connectivity index (χ0v) is 9.16. The maximum atomic E-state index is 6.10. The number of nitrogens with two attached hydrogens (primary N) is 1. The molecule has 2 unspecified atom stereocenters. The number of hydrogen-bond donors (Lipinski definition) is 1. The summed E-state index contributed by atoms with van der Waals surface area (Å²) >= 11 is 0.